The van der Waals surface area contributed by atoms with Crippen LogP contribution in [-0.2, 0) is 12.8 Å². The number of hydrogen-bond donors (Lipinski definition) is 1. The Labute approximate surface area is 182 Å². The van der Waals surface area contributed by atoms with Gasteiger partial charge in [-0.15, -0.1) is 0 Å². The topological polar surface area (TPSA) is 20.2 Å². The molecule has 0 bridgehead atoms. The van der Waals surface area contributed by atoms with Crippen molar-refractivity contribution in [2.24, 2.45) is 0 Å². The third-order valence-electron chi connectivity index (χ3n) is 6.26. The molecule has 1 heteroatoms. The summed E-state index contributed by atoms with van der Waals surface area (Å²) in [5.41, 5.74) is 2.58. The predicted octanol–water partition coefficient (Wildman–Crippen LogP) is 9.54. The van der Waals surface area contributed by atoms with E-state index in [0.717, 1.165) is 6.42 Å². The van der Waals surface area contributed by atoms with Crippen LogP contribution in [0, 0.1) is 0 Å². The van der Waals surface area contributed by atoms with Gasteiger partial charge < -0.3 is 5.11 Å². The second-order valence-electron chi connectivity index (χ2n) is 9.12. The first kappa shape index (κ1) is 26.1. The number of benzene rings is 1. The van der Waals surface area contributed by atoms with Gasteiger partial charge in [0.1, 0.15) is 5.75 Å². The van der Waals surface area contributed by atoms with E-state index in [1.165, 1.54) is 133 Å². The van der Waals surface area contributed by atoms with Crippen LogP contribution in [0.5, 0.6) is 5.75 Å². The van der Waals surface area contributed by atoms with E-state index in [9.17, 15) is 5.11 Å². The fraction of sp³-hybridized carbons (Fsp3) is 0.786. The minimum atomic E-state index is 0.501. The molecule has 0 aliphatic carbocycles. The molecule has 0 saturated heterocycles. The van der Waals surface area contributed by atoms with Gasteiger partial charge in [0.05, 0.1) is 0 Å². The van der Waals surface area contributed by atoms with E-state index in [4.69, 9.17) is 0 Å². The van der Waals surface area contributed by atoms with Crippen molar-refractivity contribution in [3.63, 3.8) is 0 Å². The Morgan fingerprint density at radius 1 is 0.517 bits per heavy atom. The van der Waals surface area contributed by atoms with Crippen molar-refractivity contribution in [3.8, 4) is 5.75 Å². The molecule has 0 unspecified atom stereocenters. The molecular weight excluding hydrogens is 352 g/mol. The van der Waals surface area contributed by atoms with Gasteiger partial charge in [0, 0.05) is 0 Å². The Hall–Kier alpha value is -0.980. The van der Waals surface area contributed by atoms with Crippen LogP contribution in [0.15, 0.2) is 18.2 Å². The van der Waals surface area contributed by atoms with Gasteiger partial charge in [0.25, 0.3) is 0 Å². The van der Waals surface area contributed by atoms with E-state index in [1.54, 1.807) is 0 Å². The molecule has 1 aromatic rings. The van der Waals surface area contributed by atoms with Crippen LogP contribution in [0.1, 0.15) is 141 Å². The van der Waals surface area contributed by atoms with Crippen LogP contribution < -0.4 is 0 Å². The van der Waals surface area contributed by atoms with Gasteiger partial charge in [-0.1, -0.05) is 129 Å². The van der Waals surface area contributed by atoms with Gasteiger partial charge in [0.2, 0.25) is 0 Å². The Morgan fingerprint density at radius 3 is 1.41 bits per heavy atom. The number of unbranched alkanes of at least 4 members (excludes halogenated alkanes) is 16. The fourth-order valence-electron chi connectivity index (χ4n) is 4.26. The third-order valence-corrected chi connectivity index (χ3v) is 6.26. The van der Waals surface area contributed by atoms with Crippen molar-refractivity contribution in [2.75, 3.05) is 0 Å². The van der Waals surface area contributed by atoms with Crippen LogP contribution in [0.3, 0.4) is 0 Å². The quantitative estimate of drug-likeness (QED) is 0.215. The normalized spacial score (nSPS) is 11.2. The van der Waals surface area contributed by atoms with Crippen LogP contribution in [0.4, 0.5) is 0 Å². The zero-order chi connectivity index (χ0) is 21.0. The highest BCUT2D eigenvalue weighted by Gasteiger charge is 2.04. The van der Waals surface area contributed by atoms with Crippen molar-refractivity contribution in [2.45, 2.75) is 142 Å². The summed E-state index contributed by atoms with van der Waals surface area (Å²) in [6, 6.07) is 6.31. The lowest BCUT2D eigenvalue weighted by molar-refractivity contribution is 0.465. The van der Waals surface area contributed by atoms with Gasteiger partial charge in [-0.3, -0.25) is 0 Å². The molecule has 0 amide bonds. The number of phenolic OH excluding ortho intramolecular Hbond substituents is 1. The van der Waals surface area contributed by atoms with E-state index in [1.807, 2.05) is 6.07 Å². The maximum Gasteiger partial charge on any atom is 0.118 e. The van der Waals surface area contributed by atoms with E-state index < -0.39 is 0 Å². The zero-order valence-corrected chi connectivity index (χ0v) is 19.8. The van der Waals surface area contributed by atoms with Gasteiger partial charge in [0.15, 0.2) is 0 Å². The van der Waals surface area contributed by atoms with E-state index >= 15 is 0 Å². The van der Waals surface area contributed by atoms with E-state index in [-0.39, 0.29) is 0 Å². The number of aryl methyl sites for hydroxylation is 2. The lowest BCUT2D eigenvalue weighted by Gasteiger charge is -2.09. The van der Waals surface area contributed by atoms with Crippen molar-refractivity contribution >= 4 is 0 Å². The van der Waals surface area contributed by atoms with Crippen LogP contribution >= 0.6 is 0 Å². The molecule has 0 aliphatic rings. The second kappa shape index (κ2) is 19.0. The summed E-state index contributed by atoms with van der Waals surface area (Å²) in [6.07, 6.45) is 26.9. The highest BCUT2D eigenvalue weighted by molar-refractivity contribution is 5.36. The molecule has 0 heterocycles. The summed E-state index contributed by atoms with van der Waals surface area (Å²) < 4.78 is 0. The highest BCUT2D eigenvalue weighted by Crippen LogP contribution is 2.23. The highest BCUT2D eigenvalue weighted by atomic mass is 16.3. The number of aromatic hydroxyl groups is 1. The summed E-state index contributed by atoms with van der Waals surface area (Å²) in [5, 5.41) is 10.2. The Bertz CT molecular complexity index is 479. The predicted molar refractivity (Wildman–Crippen MR) is 130 cm³/mol. The molecule has 0 saturated carbocycles. The monoisotopic (exact) mass is 402 g/mol. The molecule has 1 nitrogen and oxygen atoms in total. The molecule has 0 radical (unpaired) electrons. The Balaban J connectivity index is 2.09. The first-order valence-corrected chi connectivity index (χ1v) is 13.1. The minimum absolute atomic E-state index is 0.501. The SMILES string of the molecule is CCCCCCCCCCCCc1cc(CCCCCCCCCC)ccc1O. The molecule has 1 aromatic carbocycles. The average Bonchev–Trinajstić information content (AvgIpc) is 2.73. The van der Waals surface area contributed by atoms with Gasteiger partial charge in [-0.05, 0) is 42.9 Å². The van der Waals surface area contributed by atoms with Gasteiger partial charge in [-0.2, -0.15) is 0 Å². The van der Waals surface area contributed by atoms with Gasteiger partial charge in [-0.25, -0.2) is 0 Å². The average molecular weight is 403 g/mol. The molecule has 1 rings (SSSR count). The van der Waals surface area contributed by atoms with Gasteiger partial charge >= 0.3 is 0 Å². The summed E-state index contributed by atoms with van der Waals surface area (Å²) >= 11 is 0. The first-order chi connectivity index (χ1) is 14.3. The largest absolute Gasteiger partial charge is 0.508 e. The summed E-state index contributed by atoms with van der Waals surface area (Å²) in [5.74, 6) is 0.501. The van der Waals surface area contributed by atoms with Crippen molar-refractivity contribution in [1.82, 2.24) is 0 Å². The number of rotatable bonds is 20. The third kappa shape index (κ3) is 14.6. The maximum atomic E-state index is 10.2. The molecular formula is C28H50O. The van der Waals surface area contributed by atoms with Crippen molar-refractivity contribution < 1.29 is 5.11 Å². The maximum absolute atomic E-state index is 10.2. The number of hydrogen-bond acceptors (Lipinski definition) is 1. The molecule has 0 spiro atoms. The first-order valence-electron chi connectivity index (χ1n) is 13.1. The molecule has 0 atom stereocenters. The summed E-state index contributed by atoms with van der Waals surface area (Å²) in [7, 11) is 0. The lowest BCUT2D eigenvalue weighted by atomic mass is 9.99. The van der Waals surface area contributed by atoms with Crippen LogP contribution in [0.2, 0.25) is 0 Å². The Kier molecular flexibility index (Phi) is 17.1. The Morgan fingerprint density at radius 2 is 0.931 bits per heavy atom. The standard InChI is InChI=1S/C28H50O/c1-3-5-7-9-11-13-14-16-18-20-22-27-25-26(23-24-28(27)29)21-19-17-15-12-10-8-6-4-2/h23-25,29H,3-22H2,1-2H3. The summed E-state index contributed by atoms with van der Waals surface area (Å²) in [6.45, 7) is 4.56. The second-order valence-corrected chi connectivity index (χ2v) is 9.12. The molecule has 29 heavy (non-hydrogen) atoms. The molecule has 0 aromatic heterocycles. The van der Waals surface area contributed by atoms with E-state index in [2.05, 4.69) is 26.0 Å². The molecule has 0 fully saturated rings. The van der Waals surface area contributed by atoms with Crippen LogP contribution in [-0.4, -0.2) is 5.11 Å². The molecule has 0 aliphatic heterocycles. The fourth-order valence-corrected chi connectivity index (χ4v) is 4.26. The smallest absolute Gasteiger partial charge is 0.118 e. The number of phenols is 1. The van der Waals surface area contributed by atoms with Crippen molar-refractivity contribution in [3.05, 3.63) is 29.3 Å². The lowest BCUT2D eigenvalue weighted by Crippen LogP contribution is -1.92. The molecule has 1 N–H and O–H groups in total. The minimum Gasteiger partial charge on any atom is -0.508 e. The van der Waals surface area contributed by atoms with Crippen molar-refractivity contribution in [1.29, 1.82) is 0 Å². The van der Waals surface area contributed by atoms with Crippen LogP contribution in [0.25, 0.3) is 0 Å². The summed E-state index contributed by atoms with van der Waals surface area (Å²) in [4.78, 5) is 0. The van der Waals surface area contributed by atoms with E-state index in [0.29, 0.717) is 5.75 Å². The zero-order valence-electron chi connectivity index (χ0n) is 19.8. The molecule has 168 valence electrons.